The molecule has 3 amide bonds. The number of hydrogen-bond acceptors (Lipinski definition) is 4. The molecule has 2 fully saturated rings. The Labute approximate surface area is 208 Å². The van der Waals surface area contributed by atoms with Crippen molar-refractivity contribution in [3.05, 3.63) is 35.4 Å². The van der Waals surface area contributed by atoms with Crippen molar-refractivity contribution in [3.63, 3.8) is 0 Å². The third-order valence-corrected chi connectivity index (χ3v) is 7.97. The molecule has 5 rings (SSSR count). The predicted octanol–water partition coefficient (Wildman–Crippen LogP) is 4.02. The molecule has 1 atom stereocenters. The predicted molar refractivity (Wildman–Crippen MR) is 138 cm³/mol. The van der Waals surface area contributed by atoms with Crippen LogP contribution in [0.3, 0.4) is 0 Å². The van der Waals surface area contributed by atoms with Crippen LogP contribution in [0.5, 0.6) is 0 Å². The van der Waals surface area contributed by atoms with Gasteiger partial charge >= 0.3 is 0 Å². The number of benzene rings is 1. The van der Waals surface area contributed by atoms with Crippen molar-refractivity contribution in [3.8, 4) is 0 Å². The highest BCUT2D eigenvalue weighted by Crippen LogP contribution is 2.40. The summed E-state index contributed by atoms with van der Waals surface area (Å²) in [4.78, 5) is 45.4. The fraction of sp³-hybridized carbons (Fsp3) is 0.607. The highest BCUT2D eigenvalue weighted by atomic mass is 16.2. The molecule has 0 saturated carbocycles. The number of nitrogens with one attached hydrogen (secondary N) is 1. The Morgan fingerprint density at radius 3 is 2.57 bits per heavy atom. The van der Waals surface area contributed by atoms with Gasteiger partial charge in [-0.1, -0.05) is 11.6 Å². The lowest BCUT2D eigenvalue weighted by Gasteiger charge is -2.45. The van der Waals surface area contributed by atoms with Gasteiger partial charge in [-0.15, -0.1) is 0 Å². The van der Waals surface area contributed by atoms with Gasteiger partial charge in [-0.2, -0.15) is 0 Å². The van der Waals surface area contributed by atoms with Crippen LogP contribution in [0.15, 0.2) is 29.8 Å². The van der Waals surface area contributed by atoms with E-state index in [0.29, 0.717) is 17.8 Å². The Bertz CT molecular complexity index is 998. The van der Waals surface area contributed by atoms with Gasteiger partial charge in [0, 0.05) is 31.7 Å². The maximum Gasteiger partial charge on any atom is 0.253 e. The van der Waals surface area contributed by atoms with Gasteiger partial charge in [-0.3, -0.25) is 19.3 Å². The first-order chi connectivity index (χ1) is 17.1. The molecule has 35 heavy (non-hydrogen) atoms. The van der Waals surface area contributed by atoms with Gasteiger partial charge in [-0.05, 0) is 88.8 Å². The molecule has 3 heterocycles. The summed E-state index contributed by atoms with van der Waals surface area (Å²) in [7, 11) is 0. The molecule has 0 spiro atoms. The molecule has 0 unspecified atom stereocenters. The molecular formula is C28H38N4O3. The fourth-order valence-corrected chi connectivity index (χ4v) is 6.03. The van der Waals surface area contributed by atoms with Crippen molar-refractivity contribution in [1.29, 1.82) is 0 Å². The van der Waals surface area contributed by atoms with E-state index in [1.54, 1.807) is 4.90 Å². The molecule has 1 aromatic rings. The summed E-state index contributed by atoms with van der Waals surface area (Å²) in [5.41, 5.74) is 3.68. The summed E-state index contributed by atoms with van der Waals surface area (Å²) in [5.74, 6) is -0.145. The summed E-state index contributed by atoms with van der Waals surface area (Å²) in [6.07, 6.45) is 14.0. The van der Waals surface area contributed by atoms with Gasteiger partial charge in [-0.25, -0.2) is 0 Å². The van der Waals surface area contributed by atoms with E-state index in [2.05, 4.69) is 16.3 Å². The van der Waals surface area contributed by atoms with Crippen LogP contribution in [-0.4, -0.2) is 61.4 Å². The number of allylic oxidation sites excluding steroid dienone is 1. The van der Waals surface area contributed by atoms with Crippen LogP contribution < -0.4 is 15.1 Å². The third-order valence-electron chi connectivity index (χ3n) is 7.97. The molecule has 0 aromatic heterocycles. The average molecular weight is 479 g/mol. The Hall–Kier alpha value is -2.83. The molecule has 3 aliphatic heterocycles. The van der Waals surface area contributed by atoms with E-state index < -0.39 is 0 Å². The number of fused-ring (bicyclic) bond motifs is 3. The van der Waals surface area contributed by atoms with E-state index in [4.69, 9.17) is 0 Å². The van der Waals surface area contributed by atoms with E-state index in [0.717, 1.165) is 76.7 Å². The molecule has 0 bridgehead atoms. The lowest BCUT2D eigenvalue weighted by molar-refractivity contribution is -0.124. The largest absolute Gasteiger partial charge is 0.358 e. The van der Waals surface area contributed by atoms with E-state index in [1.165, 1.54) is 24.8 Å². The SMILES string of the molecule is O=C(CN1C(=O)[C@@H]2CCCCN2c2ccc(C(=O)N3CCCCC3)cc21)NCCC1=CCCCC1. The van der Waals surface area contributed by atoms with Gasteiger partial charge < -0.3 is 15.1 Å². The highest BCUT2D eigenvalue weighted by molar-refractivity contribution is 6.09. The molecule has 1 N–H and O–H groups in total. The van der Waals surface area contributed by atoms with Crippen LogP contribution in [0.1, 0.15) is 81.0 Å². The smallest absolute Gasteiger partial charge is 0.253 e. The molecule has 1 aliphatic carbocycles. The average Bonchev–Trinajstić information content (AvgIpc) is 2.91. The van der Waals surface area contributed by atoms with Crippen molar-refractivity contribution < 1.29 is 14.4 Å². The number of anilines is 2. The maximum atomic E-state index is 13.6. The van der Waals surface area contributed by atoms with E-state index in [-0.39, 0.29) is 30.3 Å². The second-order valence-electron chi connectivity index (χ2n) is 10.4. The first-order valence-corrected chi connectivity index (χ1v) is 13.6. The minimum absolute atomic E-state index is 0.00339. The minimum Gasteiger partial charge on any atom is -0.358 e. The number of carbonyl (C=O) groups excluding carboxylic acids is 3. The van der Waals surface area contributed by atoms with Crippen LogP contribution in [0.2, 0.25) is 0 Å². The second kappa shape index (κ2) is 10.8. The van der Waals surface area contributed by atoms with Crippen molar-refractivity contribution >= 4 is 29.1 Å². The number of piperidine rings is 2. The van der Waals surface area contributed by atoms with Gasteiger partial charge in [0.2, 0.25) is 11.8 Å². The monoisotopic (exact) mass is 478 g/mol. The van der Waals surface area contributed by atoms with Crippen molar-refractivity contribution in [1.82, 2.24) is 10.2 Å². The summed E-state index contributed by atoms with van der Waals surface area (Å²) >= 11 is 0. The van der Waals surface area contributed by atoms with Crippen molar-refractivity contribution in [2.24, 2.45) is 0 Å². The molecule has 1 aromatic carbocycles. The Morgan fingerprint density at radius 2 is 1.77 bits per heavy atom. The van der Waals surface area contributed by atoms with E-state index in [9.17, 15) is 14.4 Å². The lowest BCUT2D eigenvalue weighted by Crippen LogP contribution is -2.57. The van der Waals surface area contributed by atoms with Gasteiger partial charge in [0.1, 0.15) is 12.6 Å². The number of nitrogens with zero attached hydrogens (tertiary/aromatic N) is 3. The zero-order valence-corrected chi connectivity index (χ0v) is 20.8. The quantitative estimate of drug-likeness (QED) is 0.627. The van der Waals surface area contributed by atoms with Crippen LogP contribution in [0.4, 0.5) is 11.4 Å². The number of amides is 3. The van der Waals surface area contributed by atoms with Crippen molar-refractivity contribution in [2.75, 3.05) is 42.5 Å². The first kappa shape index (κ1) is 23.9. The van der Waals surface area contributed by atoms with Crippen molar-refractivity contribution in [2.45, 2.75) is 76.7 Å². The molecule has 188 valence electrons. The van der Waals surface area contributed by atoms with Crippen LogP contribution in [0.25, 0.3) is 0 Å². The number of carbonyl (C=O) groups is 3. The van der Waals surface area contributed by atoms with Crippen LogP contribution in [0, 0.1) is 0 Å². The summed E-state index contributed by atoms with van der Waals surface area (Å²) in [6.45, 7) is 2.99. The number of rotatable bonds is 6. The first-order valence-electron chi connectivity index (χ1n) is 13.6. The van der Waals surface area contributed by atoms with Gasteiger partial charge in [0.25, 0.3) is 5.91 Å². The summed E-state index contributed by atoms with van der Waals surface area (Å²) < 4.78 is 0. The van der Waals surface area contributed by atoms with E-state index >= 15 is 0 Å². The second-order valence-corrected chi connectivity index (χ2v) is 10.4. The summed E-state index contributed by atoms with van der Waals surface area (Å²) in [5, 5.41) is 3.03. The third kappa shape index (κ3) is 5.24. The zero-order chi connectivity index (χ0) is 24.2. The molecular weight excluding hydrogens is 440 g/mol. The molecule has 2 saturated heterocycles. The highest BCUT2D eigenvalue weighted by Gasteiger charge is 2.40. The molecule has 7 heteroatoms. The Kier molecular flexibility index (Phi) is 7.40. The molecule has 7 nitrogen and oxygen atoms in total. The lowest BCUT2D eigenvalue weighted by atomic mass is 9.95. The minimum atomic E-state index is -0.222. The number of likely N-dealkylation sites (tertiary alicyclic amines) is 1. The Morgan fingerprint density at radius 1 is 0.943 bits per heavy atom. The zero-order valence-electron chi connectivity index (χ0n) is 20.8. The van der Waals surface area contributed by atoms with E-state index in [1.807, 2.05) is 23.1 Å². The molecule has 0 radical (unpaired) electrons. The standard InChI is InChI=1S/C28H38N4O3/c33-26(29-15-14-21-9-3-1-4-10-21)20-32-25-19-22(27(34)30-16-6-2-7-17-30)12-13-23(25)31-18-8-5-11-24(31)28(32)35/h9,12-13,19,24H,1-8,10-11,14-18,20H2,(H,29,33)/t24-/m0/s1. The van der Waals surface area contributed by atoms with Gasteiger partial charge in [0.15, 0.2) is 0 Å². The molecule has 4 aliphatic rings. The normalized spacial score (nSPS) is 22.3. The maximum absolute atomic E-state index is 13.6. The number of hydrogen-bond donors (Lipinski definition) is 1. The topological polar surface area (TPSA) is 73.0 Å². The fourth-order valence-electron chi connectivity index (χ4n) is 6.03. The van der Waals surface area contributed by atoms with Crippen LogP contribution >= 0.6 is 0 Å². The van der Waals surface area contributed by atoms with Gasteiger partial charge in [0.05, 0.1) is 11.4 Å². The summed E-state index contributed by atoms with van der Waals surface area (Å²) in [6, 6.07) is 5.50. The van der Waals surface area contributed by atoms with Crippen LogP contribution in [-0.2, 0) is 9.59 Å². The Balaban J connectivity index is 1.34.